The van der Waals surface area contributed by atoms with Gasteiger partial charge in [-0.15, -0.1) is 0 Å². The number of rotatable bonds is 1. The van der Waals surface area contributed by atoms with E-state index in [0.29, 0.717) is 11.3 Å². The topological polar surface area (TPSA) is 55.6 Å². The summed E-state index contributed by atoms with van der Waals surface area (Å²) in [4.78, 5) is 13.9. The molecule has 1 spiro atoms. The number of likely N-dealkylation sites (tertiary alicyclic amines) is 1. The summed E-state index contributed by atoms with van der Waals surface area (Å²) >= 11 is 0. The van der Waals surface area contributed by atoms with E-state index in [0.717, 1.165) is 26.1 Å². The highest BCUT2D eigenvalue weighted by molar-refractivity contribution is 5.68. The van der Waals surface area contributed by atoms with Gasteiger partial charge in [0.2, 0.25) is 0 Å². The number of ether oxygens (including phenoxy) is 1. The third kappa shape index (κ3) is 2.97. The number of carbonyl (C=O) groups is 1. The molecule has 1 amide bonds. The number of nitrogens with zero attached hydrogens (tertiary/aromatic N) is 1. The van der Waals surface area contributed by atoms with Crippen molar-refractivity contribution in [3.8, 4) is 0 Å². The minimum Gasteiger partial charge on any atom is -0.444 e. The van der Waals surface area contributed by atoms with Crippen LogP contribution in [0.1, 0.15) is 46.5 Å². The molecule has 0 aromatic heterocycles. The number of amides is 1. The van der Waals surface area contributed by atoms with Gasteiger partial charge in [-0.2, -0.15) is 0 Å². The second-order valence-corrected chi connectivity index (χ2v) is 7.00. The van der Waals surface area contributed by atoms with Crippen LogP contribution < -0.4 is 5.73 Å². The van der Waals surface area contributed by atoms with E-state index in [1.807, 2.05) is 25.7 Å². The molecular weight excluding hydrogens is 228 g/mol. The first-order valence-corrected chi connectivity index (χ1v) is 7.02. The molecule has 2 unspecified atom stereocenters. The number of nitrogens with two attached hydrogens (primary N) is 1. The van der Waals surface area contributed by atoms with Gasteiger partial charge in [0.1, 0.15) is 5.60 Å². The van der Waals surface area contributed by atoms with Crippen molar-refractivity contribution in [3.05, 3.63) is 0 Å². The lowest BCUT2D eigenvalue weighted by Gasteiger charge is -2.27. The van der Waals surface area contributed by atoms with Crippen LogP contribution in [0.15, 0.2) is 0 Å². The molecule has 1 saturated carbocycles. The van der Waals surface area contributed by atoms with E-state index in [2.05, 4.69) is 0 Å². The Morgan fingerprint density at radius 3 is 2.72 bits per heavy atom. The second-order valence-electron chi connectivity index (χ2n) is 7.00. The molecular formula is C14H26N2O2. The lowest BCUT2D eigenvalue weighted by atomic mass is 9.84. The molecule has 2 aliphatic rings. The lowest BCUT2D eigenvalue weighted by Crippen LogP contribution is -2.36. The summed E-state index contributed by atoms with van der Waals surface area (Å²) in [5.74, 6) is 0.656. The molecule has 1 aliphatic carbocycles. The van der Waals surface area contributed by atoms with Gasteiger partial charge in [0.15, 0.2) is 0 Å². The maximum atomic E-state index is 12.0. The molecule has 0 aromatic carbocycles. The van der Waals surface area contributed by atoms with Crippen molar-refractivity contribution in [2.24, 2.45) is 17.1 Å². The second kappa shape index (κ2) is 4.72. The van der Waals surface area contributed by atoms with Crippen LogP contribution in [-0.2, 0) is 4.74 Å². The van der Waals surface area contributed by atoms with Gasteiger partial charge in [-0.3, -0.25) is 0 Å². The summed E-state index contributed by atoms with van der Waals surface area (Å²) < 4.78 is 5.44. The van der Waals surface area contributed by atoms with Crippen LogP contribution in [0.5, 0.6) is 0 Å². The fourth-order valence-electron chi connectivity index (χ4n) is 3.32. The minimum absolute atomic E-state index is 0.157. The van der Waals surface area contributed by atoms with Gasteiger partial charge in [-0.1, -0.05) is 0 Å². The van der Waals surface area contributed by atoms with E-state index in [1.54, 1.807) is 0 Å². The largest absolute Gasteiger partial charge is 0.444 e. The molecule has 1 heterocycles. The summed E-state index contributed by atoms with van der Waals surface area (Å²) in [7, 11) is 0. The third-order valence-electron chi connectivity index (χ3n) is 4.23. The summed E-state index contributed by atoms with van der Waals surface area (Å²) in [5, 5.41) is 0. The van der Waals surface area contributed by atoms with Crippen LogP contribution in [0.2, 0.25) is 0 Å². The Hall–Kier alpha value is -0.770. The van der Waals surface area contributed by atoms with Crippen LogP contribution in [0.4, 0.5) is 4.79 Å². The molecule has 2 rings (SSSR count). The molecule has 1 aliphatic heterocycles. The molecule has 0 radical (unpaired) electrons. The molecule has 4 heteroatoms. The Morgan fingerprint density at radius 2 is 2.17 bits per heavy atom. The van der Waals surface area contributed by atoms with Crippen molar-refractivity contribution in [1.82, 2.24) is 4.90 Å². The Bertz CT molecular complexity index is 324. The van der Waals surface area contributed by atoms with E-state index in [-0.39, 0.29) is 6.09 Å². The summed E-state index contributed by atoms with van der Waals surface area (Å²) in [5.41, 5.74) is 5.69. The van der Waals surface area contributed by atoms with Gasteiger partial charge < -0.3 is 15.4 Å². The maximum absolute atomic E-state index is 12.0. The highest BCUT2D eigenvalue weighted by Gasteiger charge is 2.45. The van der Waals surface area contributed by atoms with Crippen molar-refractivity contribution in [2.75, 3.05) is 19.6 Å². The highest BCUT2D eigenvalue weighted by Crippen LogP contribution is 2.47. The molecule has 104 valence electrons. The first-order chi connectivity index (χ1) is 8.34. The molecule has 2 atom stereocenters. The van der Waals surface area contributed by atoms with Gasteiger partial charge in [0, 0.05) is 13.1 Å². The van der Waals surface area contributed by atoms with E-state index < -0.39 is 5.60 Å². The van der Waals surface area contributed by atoms with E-state index in [1.165, 1.54) is 19.3 Å². The fraction of sp³-hybridized carbons (Fsp3) is 0.929. The Kier molecular flexibility index (Phi) is 3.58. The summed E-state index contributed by atoms with van der Waals surface area (Å²) in [6.45, 7) is 8.23. The Morgan fingerprint density at radius 1 is 1.44 bits per heavy atom. The van der Waals surface area contributed by atoms with Gasteiger partial charge in [0.25, 0.3) is 0 Å². The smallest absolute Gasteiger partial charge is 0.410 e. The van der Waals surface area contributed by atoms with Gasteiger partial charge in [0.05, 0.1) is 0 Å². The first kappa shape index (κ1) is 13.7. The lowest BCUT2D eigenvalue weighted by molar-refractivity contribution is 0.0273. The SMILES string of the molecule is CC(C)(C)OC(=O)N1CCC2(CCC(CN)C2)C1. The van der Waals surface area contributed by atoms with Crippen LogP contribution in [0.25, 0.3) is 0 Å². The highest BCUT2D eigenvalue weighted by atomic mass is 16.6. The van der Waals surface area contributed by atoms with Crippen molar-refractivity contribution in [1.29, 1.82) is 0 Å². The van der Waals surface area contributed by atoms with E-state index >= 15 is 0 Å². The van der Waals surface area contributed by atoms with Crippen LogP contribution in [0.3, 0.4) is 0 Å². The Balaban J connectivity index is 1.91. The van der Waals surface area contributed by atoms with Crippen molar-refractivity contribution >= 4 is 6.09 Å². The Labute approximate surface area is 110 Å². The van der Waals surface area contributed by atoms with Crippen molar-refractivity contribution in [3.63, 3.8) is 0 Å². The average molecular weight is 254 g/mol. The van der Waals surface area contributed by atoms with Crippen molar-refractivity contribution < 1.29 is 9.53 Å². The van der Waals surface area contributed by atoms with E-state index in [9.17, 15) is 4.79 Å². The normalized spacial score (nSPS) is 32.2. The number of hydrogen-bond acceptors (Lipinski definition) is 3. The molecule has 0 bridgehead atoms. The monoisotopic (exact) mass is 254 g/mol. The first-order valence-electron chi connectivity index (χ1n) is 7.02. The molecule has 2 N–H and O–H groups in total. The van der Waals surface area contributed by atoms with Gasteiger partial charge in [-0.25, -0.2) is 4.79 Å². The standard InChI is InChI=1S/C14H26N2O2/c1-13(2,3)18-12(17)16-7-6-14(10-16)5-4-11(8-14)9-15/h11H,4-10,15H2,1-3H3. The quantitative estimate of drug-likeness (QED) is 0.781. The average Bonchev–Trinajstić information content (AvgIpc) is 2.84. The zero-order valence-electron chi connectivity index (χ0n) is 11.9. The molecule has 18 heavy (non-hydrogen) atoms. The zero-order valence-corrected chi connectivity index (χ0v) is 11.9. The maximum Gasteiger partial charge on any atom is 0.410 e. The van der Waals surface area contributed by atoms with E-state index in [4.69, 9.17) is 10.5 Å². The minimum atomic E-state index is -0.400. The molecule has 0 aromatic rings. The predicted octanol–water partition coefficient (Wildman–Crippen LogP) is 2.37. The number of hydrogen-bond donors (Lipinski definition) is 1. The number of carbonyl (C=O) groups excluding carboxylic acids is 1. The van der Waals surface area contributed by atoms with Crippen molar-refractivity contribution in [2.45, 2.75) is 52.1 Å². The van der Waals surface area contributed by atoms with Crippen LogP contribution in [0, 0.1) is 11.3 Å². The fourth-order valence-corrected chi connectivity index (χ4v) is 3.32. The zero-order chi connectivity index (χ0) is 13.4. The van der Waals surface area contributed by atoms with Crippen LogP contribution >= 0.6 is 0 Å². The molecule has 2 fully saturated rings. The summed E-state index contributed by atoms with van der Waals surface area (Å²) in [6, 6.07) is 0. The summed E-state index contributed by atoms with van der Waals surface area (Å²) in [6.07, 6.45) is 4.58. The van der Waals surface area contributed by atoms with Gasteiger partial charge in [-0.05, 0) is 64.3 Å². The molecule has 4 nitrogen and oxygen atoms in total. The molecule has 1 saturated heterocycles. The van der Waals surface area contributed by atoms with Gasteiger partial charge >= 0.3 is 6.09 Å². The predicted molar refractivity (Wildman–Crippen MR) is 71.3 cm³/mol. The third-order valence-corrected chi connectivity index (χ3v) is 4.23. The van der Waals surface area contributed by atoms with Crippen LogP contribution in [-0.4, -0.2) is 36.2 Å².